The van der Waals surface area contributed by atoms with E-state index in [1.807, 2.05) is 60.8 Å². The molecule has 2 aromatic heterocycles. The van der Waals surface area contributed by atoms with Gasteiger partial charge in [-0.2, -0.15) is 5.10 Å². The monoisotopic (exact) mass is 305 g/mol. The molecular weight excluding hydrogens is 290 g/mol. The van der Waals surface area contributed by atoms with Crippen LogP contribution in [0.3, 0.4) is 0 Å². The Hall–Kier alpha value is -2.92. The van der Waals surface area contributed by atoms with Crippen LogP contribution in [0.2, 0.25) is 0 Å². The fraction of sp³-hybridized carbons (Fsp3) is 0.111. The molecule has 0 saturated carbocycles. The first kappa shape index (κ1) is 13.7. The van der Waals surface area contributed by atoms with E-state index in [-0.39, 0.29) is 18.7 Å². The molecule has 0 aliphatic rings. The molecule has 5 nitrogen and oxygen atoms in total. The number of nitrogens with zero attached hydrogens (tertiary/aromatic N) is 3. The minimum absolute atomic E-state index is 0.0885. The average Bonchev–Trinajstić information content (AvgIpc) is 3.05. The number of aromatic nitrogens is 3. The summed E-state index contributed by atoms with van der Waals surface area (Å²) >= 11 is 0. The molecule has 0 saturated heterocycles. The standard InChI is InChI=1S/C18H15N3O2/c22-11-10-20-16-9-5-4-8-14(16)15-12-21(19-17(15)18(20)23)13-6-2-1-3-7-13/h1-9,12,22H,10-11H2. The van der Waals surface area contributed by atoms with Crippen molar-refractivity contribution in [2.75, 3.05) is 6.61 Å². The van der Waals surface area contributed by atoms with Gasteiger partial charge in [-0.15, -0.1) is 0 Å². The highest BCUT2D eigenvalue weighted by Crippen LogP contribution is 2.23. The molecule has 0 radical (unpaired) electrons. The number of benzene rings is 2. The molecule has 0 unspecified atom stereocenters. The van der Waals surface area contributed by atoms with E-state index in [1.54, 1.807) is 9.25 Å². The van der Waals surface area contributed by atoms with Crippen molar-refractivity contribution >= 4 is 21.8 Å². The summed E-state index contributed by atoms with van der Waals surface area (Å²) < 4.78 is 3.31. The summed E-state index contributed by atoms with van der Waals surface area (Å²) in [4.78, 5) is 12.8. The average molecular weight is 305 g/mol. The second kappa shape index (κ2) is 5.37. The van der Waals surface area contributed by atoms with Crippen LogP contribution in [0.25, 0.3) is 27.5 Å². The van der Waals surface area contributed by atoms with E-state index >= 15 is 0 Å². The lowest BCUT2D eigenvalue weighted by atomic mass is 10.1. The van der Waals surface area contributed by atoms with Crippen LogP contribution >= 0.6 is 0 Å². The van der Waals surface area contributed by atoms with Crippen molar-refractivity contribution in [2.24, 2.45) is 0 Å². The summed E-state index contributed by atoms with van der Waals surface area (Å²) in [7, 11) is 0. The van der Waals surface area contributed by atoms with Crippen molar-refractivity contribution in [2.45, 2.75) is 6.54 Å². The Morgan fingerprint density at radius 3 is 2.48 bits per heavy atom. The lowest BCUT2D eigenvalue weighted by molar-refractivity contribution is 0.276. The summed E-state index contributed by atoms with van der Waals surface area (Å²) in [5.74, 6) is 0. The number of rotatable bonds is 3. The fourth-order valence-electron chi connectivity index (χ4n) is 2.94. The van der Waals surface area contributed by atoms with Gasteiger partial charge in [0.25, 0.3) is 5.56 Å². The van der Waals surface area contributed by atoms with Gasteiger partial charge in [0.2, 0.25) is 0 Å². The molecule has 0 spiro atoms. The van der Waals surface area contributed by atoms with E-state index in [0.29, 0.717) is 5.52 Å². The molecule has 4 rings (SSSR count). The van der Waals surface area contributed by atoms with Crippen molar-refractivity contribution in [3.63, 3.8) is 0 Å². The predicted octanol–water partition coefficient (Wildman–Crippen LogP) is 2.33. The van der Waals surface area contributed by atoms with E-state index in [0.717, 1.165) is 22.0 Å². The number of aliphatic hydroxyl groups excluding tert-OH is 1. The molecule has 2 aromatic carbocycles. The molecule has 4 aromatic rings. The van der Waals surface area contributed by atoms with Crippen LogP contribution in [0.1, 0.15) is 0 Å². The molecule has 5 heteroatoms. The summed E-state index contributed by atoms with van der Waals surface area (Å²) in [5.41, 5.74) is 1.95. The lowest BCUT2D eigenvalue weighted by Crippen LogP contribution is -2.22. The summed E-state index contributed by atoms with van der Waals surface area (Å²) in [6.45, 7) is 0.169. The van der Waals surface area contributed by atoms with Gasteiger partial charge < -0.3 is 9.67 Å². The molecule has 0 fully saturated rings. The number of hydrogen-bond donors (Lipinski definition) is 1. The smallest absolute Gasteiger partial charge is 0.279 e. The Morgan fingerprint density at radius 2 is 1.70 bits per heavy atom. The minimum atomic E-state index is -0.178. The van der Waals surface area contributed by atoms with Gasteiger partial charge in [-0.05, 0) is 18.2 Å². The maximum Gasteiger partial charge on any atom is 0.279 e. The Bertz CT molecular complexity index is 1050. The first-order valence-electron chi connectivity index (χ1n) is 7.47. The van der Waals surface area contributed by atoms with Gasteiger partial charge in [0, 0.05) is 23.5 Å². The SMILES string of the molecule is O=c1c2nn(-c3ccccc3)cc2c2ccccc2n1CCO. The Balaban J connectivity index is 2.10. The maximum atomic E-state index is 12.8. The zero-order valence-electron chi connectivity index (χ0n) is 12.4. The van der Waals surface area contributed by atoms with Crippen molar-refractivity contribution in [3.05, 3.63) is 71.1 Å². The topological polar surface area (TPSA) is 60.0 Å². The fourth-order valence-corrected chi connectivity index (χ4v) is 2.94. The lowest BCUT2D eigenvalue weighted by Gasteiger charge is -2.08. The van der Waals surface area contributed by atoms with Crippen LogP contribution in [-0.2, 0) is 6.54 Å². The molecular formula is C18H15N3O2. The van der Waals surface area contributed by atoms with Crippen LogP contribution in [0.15, 0.2) is 65.6 Å². The molecule has 0 bridgehead atoms. The van der Waals surface area contributed by atoms with Gasteiger partial charge in [0.05, 0.1) is 17.8 Å². The Morgan fingerprint density at radius 1 is 0.957 bits per heavy atom. The van der Waals surface area contributed by atoms with Crippen molar-refractivity contribution in [1.82, 2.24) is 14.3 Å². The predicted molar refractivity (Wildman–Crippen MR) is 89.9 cm³/mol. The van der Waals surface area contributed by atoms with Gasteiger partial charge in [0.1, 0.15) is 0 Å². The molecule has 23 heavy (non-hydrogen) atoms. The van der Waals surface area contributed by atoms with E-state index in [9.17, 15) is 9.90 Å². The Labute approximate surface area is 132 Å². The van der Waals surface area contributed by atoms with Crippen LogP contribution < -0.4 is 5.56 Å². The van der Waals surface area contributed by atoms with Gasteiger partial charge in [-0.25, -0.2) is 4.68 Å². The van der Waals surface area contributed by atoms with E-state index < -0.39 is 0 Å². The number of pyridine rings is 1. The highest BCUT2D eigenvalue weighted by atomic mass is 16.3. The van der Waals surface area contributed by atoms with Gasteiger partial charge in [-0.1, -0.05) is 36.4 Å². The molecule has 0 aliphatic carbocycles. The normalized spacial score (nSPS) is 11.3. The van der Waals surface area contributed by atoms with E-state index in [1.165, 1.54) is 0 Å². The Kier molecular flexibility index (Phi) is 3.20. The van der Waals surface area contributed by atoms with Crippen LogP contribution in [0.5, 0.6) is 0 Å². The quantitative estimate of drug-likeness (QED) is 0.632. The summed E-state index contributed by atoms with van der Waals surface area (Å²) in [6, 6.07) is 17.4. The van der Waals surface area contributed by atoms with Crippen LogP contribution in [0.4, 0.5) is 0 Å². The molecule has 0 atom stereocenters. The molecule has 0 amide bonds. The molecule has 0 aliphatic heterocycles. The minimum Gasteiger partial charge on any atom is -0.395 e. The zero-order valence-corrected chi connectivity index (χ0v) is 12.4. The van der Waals surface area contributed by atoms with Gasteiger partial charge >= 0.3 is 0 Å². The number of para-hydroxylation sites is 2. The van der Waals surface area contributed by atoms with Crippen molar-refractivity contribution in [3.8, 4) is 5.69 Å². The largest absolute Gasteiger partial charge is 0.395 e. The third-order valence-corrected chi connectivity index (χ3v) is 3.99. The van der Waals surface area contributed by atoms with E-state index in [2.05, 4.69) is 5.10 Å². The number of aliphatic hydroxyl groups is 1. The van der Waals surface area contributed by atoms with E-state index in [4.69, 9.17) is 0 Å². The third kappa shape index (κ3) is 2.13. The third-order valence-electron chi connectivity index (χ3n) is 3.99. The zero-order chi connectivity index (χ0) is 15.8. The first-order chi connectivity index (χ1) is 11.3. The maximum absolute atomic E-state index is 12.8. The highest BCUT2D eigenvalue weighted by Gasteiger charge is 2.14. The highest BCUT2D eigenvalue weighted by molar-refractivity contribution is 6.04. The summed E-state index contributed by atoms with van der Waals surface area (Å²) in [6.07, 6.45) is 1.89. The van der Waals surface area contributed by atoms with Crippen molar-refractivity contribution < 1.29 is 5.11 Å². The molecule has 1 N–H and O–H groups in total. The molecule has 114 valence electrons. The first-order valence-corrected chi connectivity index (χ1v) is 7.47. The van der Waals surface area contributed by atoms with Crippen LogP contribution in [0, 0.1) is 0 Å². The summed E-state index contributed by atoms with van der Waals surface area (Å²) in [5, 5.41) is 15.5. The molecule has 2 heterocycles. The van der Waals surface area contributed by atoms with Gasteiger partial charge in [-0.3, -0.25) is 4.79 Å². The number of hydrogen-bond acceptors (Lipinski definition) is 3. The number of fused-ring (bicyclic) bond motifs is 3. The van der Waals surface area contributed by atoms with Gasteiger partial charge in [0.15, 0.2) is 5.52 Å². The second-order valence-corrected chi connectivity index (χ2v) is 5.37. The van der Waals surface area contributed by atoms with Crippen LogP contribution in [-0.4, -0.2) is 26.1 Å². The van der Waals surface area contributed by atoms with Crippen molar-refractivity contribution in [1.29, 1.82) is 0 Å². The second-order valence-electron chi connectivity index (χ2n) is 5.37.